The van der Waals surface area contributed by atoms with Crippen molar-refractivity contribution in [1.29, 1.82) is 0 Å². The fourth-order valence-corrected chi connectivity index (χ4v) is 1.78. The average molecular weight is 169 g/mol. The van der Waals surface area contributed by atoms with E-state index in [1.165, 1.54) is 0 Å². The molecule has 2 rings (SSSR count). The van der Waals surface area contributed by atoms with E-state index in [4.69, 9.17) is 9.84 Å². The standard InChI is InChI=1S/C7H13NO2.C2H2/c9-2-1-8-3-7(4-8)5-10-6-7;1-2/h9H,1-6H2;1-2H. The molecule has 2 aliphatic rings. The molecule has 2 aliphatic heterocycles. The summed E-state index contributed by atoms with van der Waals surface area (Å²) in [5, 5.41) is 8.59. The van der Waals surface area contributed by atoms with Crippen LogP contribution in [0.15, 0.2) is 0 Å². The molecule has 0 atom stereocenters. The average Bonchev–Trinajstić information content (AvgIpc) is 1.96. The topological polar surface area (TPSA) is 32.7 Å². The van der Waals surface area contributed by atoms with E-state index in [1.807, 2.05) is 0 Å². The van der Waals surface area contributed by atoms with Gasteiger partial charge in [-0.05, 0) is 0 Å². The minimum Gasteiger partial charge on any atom is -0.395 e. The monoisotopic (exact) mass is 169 g/mol. The summed E-state index contributed by atoms with van der Waals surface area (Å²) in [6.45, 7) is 5.27. The van der Waals surface area contributed by atoms with E-state index in [2.05, 4.69) is 17.7 Å². The lowest BCUT2D eigenvalue weighted by Crippen LogP contribution is -2.66. The van der Waals surface area contributed by atoms with Crippen LogP contribution in [0.5, 0.6) is 0 Å². The number of hydrogen-bond acceptors (Lipinski definition) is 3. The van der Waals surface area contributed by atoms with Gasteiger partial charge in [0.05, 0.1) is 19.8 Å². The van der Waals surface area contributed by atoms with E-state index >= 15 is 0 Å². The van der Waals surface area contributed by atoms with E-state index in [1.54, 1.807) is 0 Å². The van der Waals surface area contributed by atoms with E-state index in [9.17, 15) is 0 Å². The smallest absolute Gasteiger partial charge is 0.0569 e. The van der Waals surface area contributed by atoms with Crippen LogP contribution in [0.3, 0.4) is 0 Å². The fourth-order valence-electron chi connectivity index (χ4n) is 1.78. The van der Waals surface area contributed by atoms with E-state index in [-0.39, 0.29) is 6.61 Å². The molecule has 0 bridgehead atoms. The highest BCUT2D eigenvalue weighted by molar-refractivity contribution is 4.99. The molecule has 3 nitrogen and oxygen atoms in total. The summed E-state index contributed by atoms with van der Waals surface area (Å²) in [5.41, 5.74) is 0.509. The van der Waals surface area contributed by atoms with E-state index in [0.29, 0.717) is 5.41 Å². The number of nitrogens with zero attached hydrogens (tertiary/aromatic N) is 1. The molecule has 0 aromatic rings. The van der Waals surface area contributed by atoms with Crippen molar-refractivity contribution >= 4 is 0 Å². The van der Waals surface area contributed by atoms with Crippen LogP contribution in [0.25, 0.3) is 0 Å². The van der Waals surface area contributed by atoms with Gasteiger partial charge < -0.3 is 9.84 Å². The van der Waals surface area contributed by atoms with Gasteiger partial charge in [0.2, 0.25) is 0 Å². The molecule has 0 aromatic carbocycles. The van der Waals surface area contributed by atoms with Crippen molar-refractivity contribution in [3.05, 3.63) is 0 Å². The molecule has 0 saturated carbocycles. The molecule has 0 aliphatic carbocycles. The van der Waals surface area contributed by atoms with Crippen LogP contribution < -0.4 is 0 Å². The number of ether oxygens (including phenoxy) is 1. The normalized spacial score (nSPS) is 24.9. The molecule has 1 spiro atoms. The highest BCUT2D eigenvalue weighted by atomic mass is 16.5. The summed E-state index contributed by atoms with van der Waals surface area (Å²) in [6.07, 6.45) is 8.00. The maximum atomic E-state index is 8.59. The van der Waals surface area contributed by atoms with Gasteiger partial charge in [0.1, 0.15) is 0 Å². The van der Waals surface area contributed by atoms with Crippen LogP contribution >= 0.6 is 0 Å². The van der Waals surface area contributed by atoms with Gasteiger partial charge >= 0.3 is 0 Å². The molecule has 12 heavy (non-hydrogen) atoms. The lowest BCUT2D eigenvalue weighted by Gasteiger charge is -2.55. The minimum absolute atomic E-state index is 0.289. The van der Waals surface area contributed by atoms with Crippen LogP contribution in [0, 0.1) is 18.3 Å². The van der Waals surface area contributed by atoms with Crippen molar-refractivity contribution in [2.75, 3.05) is 39.5 Å². The van der Waals surface area contributed by atoms with E-state index < -0.39 is 0 Å². The zero-order chi connectivity index (χ0) is 9.03. The van der Waals surface area contributed by atoms with Crippen molar-refractivity contribution in [3.63, 3.8) is 0 Å². The Morgan fingerprint density at radius 2 is 1.92 bits per heavy atom. The maximum Gasteiger partial charge on any atom is 0.0569 e. The number of terminal acetylenes is 1. The van der Waals surface area contributed by atoms with Crippen LogP contribution in [0.2, 0.25) is 0 Å². The number of likely N-dealkylation sites (tertiary alicyclic amines) is 1. The zero-order valence-corrected chi connectivity index (χ0v) is 7.20. The Balaban J connectivity index is 0.000000336. The molecular formula is C9H15NO2. The van der Waals surface area contributed by atoms with Crippen molar-refractivity contribution in [3.8, 4) is 12.8 Å². The first kappa shape index (κ1) is 9.53. The molecule has 68 valence electrons. The van der Waals surface area contributed by atoms with Gasteiger partial charge in [-0.3, -0.25) is 4.90 Å². The van der Waals surface area contributed by atoms with E-state index in [0.717, 1.165) is 32.8 Å². The predicted molar refractivity (Wildman–Crippen MR) is 46.7 cm³/mol. The molecule has 3 heteroatoms. The van der Waals surface area contributed by atoms with Crippen molar-refractivity contribution < 1.29 is 9.84 Å². The summed E-state index contributed by atoms with van der Waals surface area (Å²) in [7, 11) is 0. The fraction of sp³-hybridized carbons (Fsp3) is 0.778. The first-order valence-electron chi connectivity index (χ1n) is 4.09. The third-order valence-corrected chi connectivity index (χ3v) is 2.35. The van der Waals surface area contributed by atoms with Crippen molar-refractivity contribution in [1.82, 2.24) is 4.90 Å². The zero-order valence-electron chi connectivity index (χ0n) is 7.20. The number of aliphatic hydroxyl groups excluding tert-OH is 1. The van der Waals surface area contributed by atoms with Gasteiger partial charge in [-0.1, -0.05) is 0 Å². The predicted octanol–water partition coefficient (Wildman–Crippen LogP) is -0.440. The summed E-state index contributed by atoms with van der Waals surface area (Å²) in [5.74, 6) is 0. The van der Waals surface area contributed by atoms with Gasteiger partial charge in [0.15, 0.2) is 0 Å². The second-order valence-corrected chi connectivity index (χ2v) is 3.43. The molecule has 0 radical (unpaired) electrons. The Hall–Kier alpha value is -0.560. The lowest BCUT2D eigenvalue weighted by molar-refractivity contribution is -0.190. The molecule has 0 unspecified atom stereocenters. The first-order valence-corrected chi connectivity index (χ1v) is 4.09. The molecule has 2 heterocycles. The SMILES string of the molecule is C#C.OCCN1CC2(COC2)C1. The number of β-amino-alcohol motifs (C(OH)–C–C–N with tert-alkyl or cyclic N) is 1. The highest BCUT2D eigenvalue weighted by Crippen LogP contribution is 2.36. The number of hydrogen-bond donors (Lipinski definition) is 1. The van der Waals surface area contributed by atoms with Crippen LogP contribution in [-0.4, -0.2) is 49.5 Å². The van der Waals surface area contributed by atoms with Crippen LogP contribution in [0.1, 0.15) is 0 Å². The van der Waals surface area contributed by atoms with Gasteiger partial charge in [0.25, 0.3) is 0 Å². The molecular weight excluding hydrogens is 154 g/mol. The number of aliphatic hydroxyl groups is 1. The first-order chi connectivity index (χ1) is 5.85. The molecule has 2 fully saturated rings. The van der Waals surface area contributed by atoms with Gasteiger partial charge in [-0.15, -0.1) is 12.8 Å². The van der Waals surface area contributed by atoms with Crippen molar-refractivity contribution in [2.45, 2.75) is 0 Å². The second kappa shape index (κ2) is 3.90. The Kier molecular flexibility index (Phi) is 3.10. The summed E-state index contributed by atoms with van der Waals surface area (Å²) in [4.78, 5) is 2.27. The van der Waals surface area contributed by atoms with Crippen LogP contribution in [0.4, 0.5) is 0 Å². The van der Waals surface area contributed by atoms with Gasteiger partial charge in [-0.25, -0.2) is 0 Å². The Morgan fingerprint density at radius 3 is 2.25 bits per heavy atom. The lowest BCUT2D eigenvalue weighted by atomic mass is 9.78. The third-order valence-electron chi connectivity index (χ3n) is 2.35. The van der Waals surface area contributed by atoms with Gasteiger partial charge in [-0.2, -0.15) is 0 Å². The molecule has 0 amide bonds. The second-order valence-electron chi connectivity index (χ2n) is 3.43. The molecule has 2 saturated heterocycles. The quantitative estimate of drug-likeness (QED) is 0.569. The Labute approximate surface area is 73.3 Å². The van der Waals surface area contributed by atoms with Gasteiger partial charge in [0, 0.05) is 25.0 Å². The maximum absolute atomic E-state index is 8.59. The summed E-state index contributed by atoms with van der Waals surface area (Å²) < 4.78 is 5.12. The highest BCUT2D eigenvalue weighted by Gasteiger charge is 2.48. The Bertz CT molecular complexity index is 155. The Morgan fingerprint density at radius 1 is 1.33 bits per heavy atom. The summed E-state index contributed by atoms with van der Waals surface area (Å²) >= 11 is 0. The summed E-state index contributed by atoms with van der Waals surface area (Å²) in [6, 6.07) is 0. The third kappa shape index (κ3) is 1.61. The number of rotatable bonds is 2. The molecule has 0 aromatic heterocycles. The molecule has 1 N–H and O–H groups in total. The largest absolute Gasteiger partial charge is 0.395 e. The van der Waals surface area contributed by atoms with Crippen LogP contribution in [-0.2, 0) is 4.74 Å². The minimum atomic E-state index is 0.289. The van der Waals surface area contributed by atoms with Crippen molar-refractivity contribution in [2.24, 2.45) is 5.41 Å².